The number of ether oxygens (including phenoxy) is 3. The molecule has 18 heavy (non-hydrogen) atoms. The predicted molar refractivity (Wildman–Crippen MR) is 67.3 cm³/mol. The van der Waals surface area contributed by atoms with Crippen LogP contribution < -0.4 is 14.9 Å². The van der Waals surface area contributed by atoms with Crippen molar-refractivity contribution >= 4 is 11.8 Å². The molecule has 1 N–H and O–H groups in total. The minimum atomic E-state index is -0.616. The van der Waals surface area contributed by atoms with Crippen molar-refractivity contribution in [3.05, 3.63) is 23.8 Å². The molecule has 1 aromatic rings. The van der Waals surface area contributed by atoms with Crippen molar-refractivity contribution in [2.75, 3.05) is 21.3 Å². The number of hydrogen-bond donors (Lipinski definition) is 1. The van der Waals surface area contributed by atoms with Crippen LogP contribution in [0.2, 0.25) is 0 Å². The van der Waals surface area contributed by atoms with Gasteiger partial charge in [0.15, 0.2) is 11.5 Å². The third kappa shape index (κ3) is 3.38. The molecule has 0 saturated carbocycles. The highest BCUT2D eigenvalue weighted by Gasteiger charge is 2.06. The number of rotatable bonds is 4. The molecule has 0 radical (unpaired) electrons. The fourth-order valence-corrected chi connectivity index (χ4v) is 1.30. The number of hydrogen-bond acceptors (Lipinski definition) is 5. The van der Waals surface area contributed by atoms with Gasteiger partial charge in [-0.15, -0.1) is 0 Å². The monoisotopic (exact) mass is 252 g/mol. The van der Waals surface area contributed by atoms with Crippen LogP contribution in [-0.2, 0) is 4.74 Å². The van der Waals surface area contributed by atoms with Crippen LogP contribution in [0.15, 0.2) is 23.3 Å². The van der Waals surface area contributed by atoms with E-state index < -0.39 is 6.09 Å². The van der Waals surface area contributed by atoms with Gasteiger partial charge >= 0.3 is 6.09 Å². The third-order valence-corrected chi connectivity index (χ3v) is 2.30. The Kier molecular flexibility index (Phi) is 4.98. The highest BCUT2D eigenvalue weighted by atomic mass is 16.5. The first kappa shape index (κ1) is 13.8. The fourth-order valence-electron chi connectivity index (χ4n) is 1.30. The number of nitrogens with zero attached hydrogens (tertiary/aromatic N) is 1. The summed E-state index contributed by atoms with van der Waals surface area (Å²) in [4.78, 5) is 10.9. The van der Waals surface area contributed by atoms with Crippen LogP contribution in [0, 0.1) is 0 Å². The SMILES string of the molecule is COC(=O)N/N=C(/C)c1ccc(OC)c(OC)c1. The standard InChI is InChI=1S/C12H16N2O4/c1-8(13-14-12(15)18-4)9-5-6-10(16-2)11(7-9)17-3/h5-7H,1-4H3,(H,14,15)/b13-8-. The summed E-state index contributed by atoms with van der Waals surface area (Å²) in [5.74, 6) is 1.23. The van der Waals surface area contributed by atoms with Crippen LogP contribution in [-0.4, -0.2) is 33.1 Å². The van der Waals surface area contributed by atoms with Gasteiger partial charge in [0.05, 0.1) is 27.0 Å². The summed E-state index contributed by atoms with van der Waals surface area (Å²) in [5, 5.41) is 3.89. The second-order valence-electron chi connectivity index (χ2n) is 3.37. The molecule has 0 aliphatic carbocycles. The van der Waals surface area contributed by atoms with E-state index in [1.807, 2.05) is 6.07 Å². The average molecular weight is 252 g/mol. The second kappa shape index (κ2) is 6.48. The Morgan fingerprint density at radius 1 is 1.17 bits per heavy atom. The molecule has 0 aliphatic rings. The Hall–Kier alpha value is -2.24. The van der Waals surface area contributed by atoms with Gasteiger partial charge in [-0.3, -0.25) is 0 Å². The molecule has 0 atom stereocenters. The molecule has 0 saturated heterocycles. The second-order valence-corrected chi connectivity index (χ2v) is 3.37. The quantitative estimate of drug-likeness (QED) is 0.655. The van der Waals surface area contributed by atoms with Gasteiger partial charge in [0.2, 0.25) is 0 Å². The van der Waals surface area contributed by atoms with Gasteiger partial charge in [-0.05, 0) is 25.1 Å². The van der Waals surface area contributed by atoms with Crippen LogP contribution >= 0.6 is 0 Å². The number of carbonyl (C=O) groups is 1. The van der Waals surface area contributed by atoms with Crippen molar-refractivity contribution in [3.63, 3.8) is 0 Å². The Bertz CT molecular complexity index is 457. The molecule has 0 bridgehead atoms. The number of amides is 1. The average Bonchev–Trinajstić information content (AvgIpc) is 2.43. The van der Waals surface area contributed by atoms with Crippen molar-refractivity contribution in [2.45, 2.75) is 6.92 Å². The van der Waals surface area contributed by atoms with E-state index in [-0.39, 0.29) is 0 Å². The lowest BCUT2D eigenvalue weighted by Crippen LogP contribution is -2.18. The number of methoxy groups -OCH3 is 3. The molecule has 0 aromatic heterocycles. The van der Waals surface area contributed by atoms with Crippen LogP contribution in [0.4, 0.5) is 4.79 Å². The number of benzene rings is 1. The van der Waals surface area contributed by atoms with Crippen LogP contribution in [0.5, 0.6) is 11.5 Å². The summed E-state index contributed by atoms with van der Waals surface area (Å²) in [7, 11) is 4.40. The summed E-state index contributed by atoms with van der Waals surface area (Å²) >= 11 is 0. The molecule has 1 rings (SSSR count). The molecular weight excluding hydrogens is 236 g/mol. The summed E-state index contributed by atoms with van der Waals surface area (Å²) in [6.45, 7) is 1.76. The zero-order valence-electron chi connectivity index (χ0n) is 10.8. The van der Waals surface area contributed by atoms with Gasteiger partial charge in [-0.1, -0.05) is 0 Å². The molecule has 1 aromatic carbocycles. The first-order valence-electron chi connectivity index (χ1n) is 5.23. The molecule has 0 aliphatic heterocycles. The maximum Gasteiger partial charge on any atom is 0.427 e. The summed E-state index contributed by atoms with van der Waals surface area (Å²) in [6, 6.07) is 5.36. The molecule has 98 valence electrons. The number of carbonyl (C=O) groups excluding carboxylic acids is 1. The van der Waals surface area contributed by atoms with Gasteiger partial charge in [-0.2, -0.15) is 5.10 Å². The lowest BCUT2D eigenvalue weighted by molar-refractivity contribution is 0.171. The van der Waals surface area contributed by atoms with Crippen LogP contribution in [0.25, 0.3) is 0 Å². The van der Waals surface area contributed by atoms with Gasteiger partial charge < -0.3 is 14.2 Å². The van der Waals surface area contributed by atoms with E-state index in [0.29, 0.717) is 17.2 Å². The van der Waals surface area contributed by atoms with E-state index in [9.17, 15) is 4.79 Å². The highest BCUT2D eigenvalue weighted by Crippen LogP contribution is 2.27. The molecule has 0 fully saturated rings. The number of hydrazone groups is 1. The first-order chi connectivity index (χ1) is 8.62. The predicted octanol–water partition coefficient (Wildman–Crippen LogP) is 1.78. The van der Waals surface area contributed by atoms with Crippen molar-refractivity contribution in [2.24, 2.45) is 5.10 Å². The van der Waals surface area contributed by atoms with E-state index in [4.69, 9.17) is 9.47 Å². The minimum absolute atomic E-state index is 0.600. The topological polar surface area (TPSA) is 69.2 Å². The normalized spacial score (nSPS) is 10.8. The highest BCUT2D eigenvalue weighted by molar-refractivity contribution is 5.99. The van der Waals surface area contributed by atoms with Gasteiger partial charge in [0, 0.05) is 5.56 Å². The smallest absolute Gasteiger partial charge is 0.427 e. The summed E-state index contributed by atoms with van der Waals surface area (Å²) < 4.78 is 14.7. The lowest BCUT2D eigenvalue weighted by atomic mass is 10.1. The van der Waals surface area contributed by atoms with E-state index in [1.54, 1.807) is 33.3 Å². The first-order valence-corrected chi connectivity index (χ1v) is 5.23. The molecule has 6 heteroatoms. The van der Waals surface area contributed by atoms with E-state index in [2.05, 4.69) is 15.3 Å². The molecule has 0 heterocycles. The van der Waals surface area contributed by atoms with Crippen LogP contribution in [0.1, 0.15) is 12.5 Å². The van der Waals surface area contributed by atoms with Crippen molar-refractivity contribution in [1.82, 2.24) is 5.43 Å². The maximum atomic E-state index is 10.9. The van der Waals surface area contributed by atoms with E-state index in [1.165, 1.54) is 7.11 Å². The minimum Gasteiger partial charge on any atom is -0.493 e. The largest absolute Gasteiger partial charge is 0.493 e. The Balaban J connectivity index is 2.92. The summed E-state index contributed by atoms with van der Waals surface area (Å²) in [5.41, 5.74) is 3.69. The van der Waals surface area contributed by atoms with Gasteiger partial charge in [0.25, 0.3) is 0 Å². The Morgan fingerprint density at radius 2 is 1.83 bits per heavy atom. The maximum absolute atomic E-state index is 10.9. The van der Waals surface area contributed by atoms with Crippen molar-refractivity contribution in [1.29, 1.82) is 0 Å². The van der Waals surface area contributed by atoms with E-state index in [0.717, 1.165) is 5.56 Å². The third-order valence-electron chi connectivity index (χ3n) is 2.30. The van der Waals surface area contributed by atoms with E-state index >= 15 is 0 Å². The molecule has 6 nitrogen and oxygen atoms in total. The number of nitrogens with one attached hydrogen (secondary N) is 1. The lowest BCUT2D eigenvalue weighted by Gasteiger charge is -2.09. The molecule has 1 amide bonds. The summed E-state index contributed by atoms with van der Waals surface area (Å²) in [6.07, 6.45) is -0.616. The van der Waals surface area contributed by atoms with Gasteiger partial charge in [-0.25, -0.2) is 10.2 Å². The zero-order chi connectivity index (χ0) is 13.5. The molecule has 0 unspecified atom stereocenters. The zero-order valence-corrected chi connectivity index (χ0v) is 10.8. The van der Waals surface area contributed by atoms with Crippen molar-refractivity contribution < 1.29 is 19.0 Å². The molecule has 0 spiro atoms. The fraction of sp³-hybridized carbons (Fsp3) is 0.333. The van der Waals surface area contributed by atoms with Crippen LogP contribution in [0.3, 0.4) is 0 Å². The van der Waals surface area contributed by atoms with Gasteiger partial charge in [0.1, 0.15) is 0 Å². The Labute approximate surface area is 106 Å². The molecular formula is C12H16N2O4. The van der Waals surface area contributed by atoms with Crippen molar-refractivity contribution in [3.8, 4) is 11.5 Å². The Morgan fingerprint density at radius 3 is 2.39 bits per heavy atom.